The SMILES string of the molecule is COc1cc(Cl)c2oc(=S)oc2c1. The summed E-state index contributed by atoms with van der Waals surface area (Å²) in [5, 5.41) is 0.425. The molecule has 0 radical (unpaired) electrons. The van der Waals surface area contributed by atoms with E-state index in [1.165, 1.54) is 0 Å². The number of hydrogen-bond donors (Lipinski definition) is 0. The number of fused-ring (bicyclic) bond motifs is 1. The molecule has 0 saturated carbocycles. The number of methoxy groups -OCH3 is 1. The van der Waals surface area contributed by atoms with Crippen molar-refractivity contribution < 1.29 is 13.6 Å². The largest absolute Gasteiger partial charge is 0.497 e. The predicted molar refractivity (Wildman–Crippen MR) is 50.9 cm³/mol. The highest BCUT2D eigenvalue weighted by atomic mass is 35.5. The van der Waals surface area contributed by atoms with Crippen LogP contribution >= 0.6 is 23.8 Å². The Kier molecular flexibility index (Phi) is 2.01. The molecule has 0 bridgehead atoms. The van der Waals surface area contributed by atoms with Gasteiger partial charge in [-0.2, -0.15) is 0 Å². The molecule has 1 aromatic heterocycles. The summed E-state index contributed by atoms with van der Waals surface area (Å²) in [6.07, 6.45) is 0. The van der Waals surface area contributed by atoms with E-state index in [1.807, 2.05) is 0 Å². The van der Waals surface area contributed by atoms with Gasteiger partial charge in [-0.15, -0.1) is 0 Å². The average Bonchev–Trinajstić information content (AvgIpc) is 2.46. The van der Waals surface area contributed by atoms with Crippen molar-refractivity contribution in [1.29, 1.82) is 0 Å². The van der Waals surface area contributed by atoms with Gasteiger partial charge in [-0.05, 0) is 0 Å². The second kappa shape index (κ2) is 3.05. The Bertz CT molecular complexity index is 500. The maximum absolute atomic E-state index is 5.87. The monoisotopic (exact) mass is 216 g/mol. The van der Waals surface area contributed by atoms with Crippen LogP contribution in [-0.2, 0) is 0 Å². The molecule has 68 valence electrons. The molecular weight excluding hydrogens is 212 g/mol. The van der Waals surface area contributed by atoms with Crippen LogP contribution < -0.4 is 4.74 Å². The summed E-state index contributed by atoms with van der Waals surface area (Å²) >= 11 is 10.6. The van der Waals surface area contributed by atoms with Crippen LogP contribution in [0.3, 0.4) is 0 Å². The zero-order valence-electron chi connectivity index (χ0n) is 6.67. The maximum atomic E-state index is 5.87. The molecule has 3 nitrogen and oxygen atoms in total. The molecule has 0 atom stereocenters. The van der Waals surface area contributed by atoms with Crippen molar-refractivity contribution in [1.82, 2.24) is 0 Å². The smallest absolute Gasteiger partial charge is 0.363 e. The molecule has 0 amide bonds. The van der Waals surface area contributed by atoms with Crippen molar-refractivity contribution in [2.75, 3.05) is 7.11 Å². The van der Waals surface area contributed by atoms with E-state index in [0.29, 0.717) is 21.9 Å². The lowest BCUT2D eigenvalue weighted by atomic mass is 10.3. The lowest BCUT2D eigenvalue weighted by Crippen LogP contribution is -1.81. The van der Waals surface area contributed by atoms with Gasteiger partial charge >= 0.3 is 4.90 Å². The number of hydrogen-bond acceptors (Lipinski definition) is 4. The van der Waals surface area contributed by atoms with Crippen LogP contribution in [0.1, 0.15) is 0 Å². The van der Waals surface area contributed by atoms with Gasteiger partial charge in [-0.1, -0.05) is 11.6 Å². The molecule has 1 heterocycles. The van der Waals surface area contributed by atoms with Crippen molar-refractivity contribution in [2.24, 2.45) is 0 Å². The Morgan fingerprint density at radius 3 is 2.85 bits per heavy atom. The molecule has 0 unspecified atom stereocenters. The van der Waals surface area contributed by atoms with Crippen molar-refractivity contribution in [3.05, 3.63) is 22.1 Å². The fraction of sp³-hybridized carbons (Fsp3) is 0.125. The quantitative estimate of drug-likeness (QED) is 0.685. The van der Waals surface area contributed by atoms with Crippen LogP contribution in [0.5, 0.6) is 5.75 Å². The van der Waals surface area contributed by atoms with Crippen LogP contribution in [0.15, 0.2) is 21.0 Å². The zero-order valence-corrected chi connectivity index (χ0v) is 8.24. The summed E-state index contributed by atoms with van der Waals surface area (Å²) in [4.78, 5) is 0.0603. The fourth-order valence-corrected chi connectivity index (χ4v) is 1.44. The van der Waals surface area contributed by atoms with Gasteiger partial charge in [0, 0.05) is 24.4 Å². The second-order valence-corrected chi connectivity index (χ2v) is 3.13. The Labute approximate surface area is 83.9 Å². The Hall–Kier alpha value is -1.00. The molecule has 0 aliphatic heterocycles. The highest BCUT2D eigenvalue weighted by Gasteiger charge is 2.08. The Morgan fingerprint density at radius 2 is 2.15 bits per heavy atom. The van der Waals surface area contributed by atoms with Gasteiger partial charge in [0.25, 0.3) is 0 Å². The summed E-state index contributed by atoms with van der Waals surface area (Å²) in [5.74, 6) is 0.608. The molecule has 1 aromatic carbocycles. The normalized spacial score (nSPS) is 10.6. The third kappa shape index (κ3) is 1.43. The van der Waals surface area contributed by atoms with Crippen LogP contribution in [-0.4, -0.2) is 7.11 Å². The highest BCUT2D eigenvalue weighted by molar-refractivity contribution is 7.71. The van der Waals surface area contributed by atoms with Gasteiger partial charge in [-0.3, -0.25) is 0 Å². The molecule has 0 aliphatic rings. The van der Waals surface area contributed by atoms with Gasteiger partial charge in [0.1, 0.15) is 5.75 Å². The van der Waals surface area contributed by atoms with Gasteiger partial charge in [0.15, 0.2) is 11.2 Å². The molecule has 2 rings (SSSR count). The van der Waals surface area contributed by atoms with Gasteiger partial charge < -0.3 is 13.6 Å². The van der Waals surface area contributed by atoms with E-state index in [9.17, 15) is 0 Å². The topological polar surface area (TPSA) is 35.5 Å². The van der Waals surface area contributed by atoms with Crippen LogP contribution in [0.4, 0.5) is 0 Å². The molecule has 2 aromatic rings. The molecule has 0 spiro atoms. The van der Waals surface area contributed by atoms with Crippen molar-refractivity contribution in [3.8, 4) is 5.75 Å². The highest BCUT2D eigenvalue weighted by Crippen LogP contribution is 2.30. The number of benzene rings is 1. The average molecular weight is 217 g/mol. The van der Waals surface area contributed by atoms with E-state index in [4.69, 9.17) is 37.4 Å². The minimum absolute atomic E-state index is 0.0603. The summed E-state index contributed by atoms with van der Waals surface area (Å²) in [6.45, 7) is 0. The Morgan fingerprint density at radius 1 is 1.38 bits per heavy atom. The number of halogens is 1. The summed E-state index contributed by atoms with van der Waals surface area (Å²) in [5.41, 5.74) is 0.946. The summed E-state index contributed by atoms with van der Waals surface area (Å²) in [7, 11) is 1.55. The van der Waals surface area contributed by atoms with Gasteiger partial charge in [-0.25, -0.2) is 0 Å². The first-order chi connectivity index (χ1) is 6.20. The third-order valence-electron chi connectivity index (χ3n) is 1.60. The molecule has 0 saturated heterocycles. The van der Waals surface area contributed by atoms with E-state index in [2.05, 4.69) is 0 Å². The first-order valence-electron chi connectivity index (χ1n) is 3.48. The molecular formula is C8H5ClO3S. The maximum Gasteiger partial charge on any atom is 0.363 e. The molecule has 0 N–H and O–H groups in total. The van der Waals surface area contributed by atoms with Crippen LogP contribution in [0.25, 0.3) is 11.2 Å². The lowest BCUT2D eigenvalue weighted by Gasteiger charge is -1.98. The van der Waals surface area contributed by atoms with E-state index in [1.54, 1.807) is 19.2 Å². The summed E-state index contributed by atoms with van der Waals surface area (Å²) in [6, 6.07) is 3.30. The van der Waals surface area contributed by atoms with Gasteiger partial charge in [0.05, 0.1) is 12.1 Å². The van der Waals surface area contributed by atoms with Crippen molar-refractivity contribution >= 4 is 35.0 Å². The zero-order chi connectivity index (χ0) is 9.42. The number of ether oxygens (including phenoxy) is 1. The molecule has 13 heavy (non-hydrogen) atoms. The van der Waals surface area contributed by atoms with E-state index in [0.717, 1.165) is 0 Å². The molecule has 5 heteroatoms. The number of rotatable bonds is 1. The standard InChI is InChI=1S/C8H5ClO3S/c1-10-4-2-5(9)7-6(3-4)11-8(13)12-7/h2-3H,1H3. The van der Waals surface area contributed by atoms with E-state index in [-0.39, 0.29) is 4.90 Å². The van der Waals surface area contributed by atoms with E-state index < -0.39 is 0 Å². The van der Waals surface area contributed by atoms with Gasteiger partial charge in [0.2, 0.25) is 0 Å². The van der Waals surface area contributed by atoms with Crippen LogP contribution in [0.2, 0.25) is 5.02 Å². The minimum atomic E-state index is 0.0603. The second-order valence-electron chi connectivity index (χ2n) is 2.39. The van der Waals surface area contributed by atoms with E-state index >= 15 is 0 Å². The Balaban J connectivity index is 2.83. The first kappa shape index (κ1) is 8.59. The fourth-order valence-electron chi connectivity index (χ4n) is 1.03. The molecule has 0 aliphatic carbocycles. The summed E-state index contributed by atoms with van der Waals surface area (Å²) < 4.78 is 15.1. The first-order valence-corrected chi connectivity index (χ1v) is 4.26. The minimum Gasteiger partial charge on any atom is -0.497 e. The van der Waals surface area contributed by atoms with Crippen molar-refractivity contribution in [2.45, 2.75) is 0 Å². The van der Waals surface area contributed by atoms with Crippen LogP contribution in [0, 0.1) is 4.90 Å². The predicted octanol–water partition coefficient (Wildman–Crippen LogP) is 3.42. The lowest BCUT2D eigenvalue weighted by molar-refractivity contribution is 0.414. The van der Waals surface area contributed by atoms with Crippen molar-refractivity contribution in [3.63, 3.8) is 0 Å². The third-order valence-corrected chi connectivity index (χ3v) is 2.04. The molecule has 0 fully saturated rings.